The van der Waals surface area contributed by atoms with Crippen molar-refractivity contribution in [3.63, 3.8) is 0 Å². The van der Waals surface area contributed by atoms with Gasteiger partial charge in [0.2, 0.25) is 0 Å². The second kappa shape index (κ2) is 9.43. The molecule has 0 aromatic heterocycles. The van der Waals surface area contributed by atoms with Crippen LogP contribution in [0.15, 0.2) is 35.4 Å². The lowest BCUT2D eigenvalue weighted by Crippen LogP contribution is -2.32. The van der Waals surface area contributed by atoms with Gasteiger partial charge < -0.3 is 16.0 Å². The number of rotatable bonds is 6. The van der Waals surface area contributed by atoms with Gasteiger partial charge in [-0.25, -0.2) is 13.2 Å². The van der Waals surface area contributed by atoms with Crippen molar-refractivity contribution in [1.29, 1.82) is 0 Å². The first kappa shape index (κ1) is 21.4. The highest BCUT2D eigenvalue weighted by Crippen LogP contribution is 2.27. The molecule has 2 aromatic rings. The van der Waals surface area contributed by atoms with Crippen LogP contribution in [-0.2, 0) is 6.54 Å². The molecule has 2 aromatic carbocycles. The van der Waals surface area contributed by atoms with Crippen molar-refractivity contribution in [1.82, 2.24) is 10.7 Å². The molecule has 0 bridgehead atoms. The standard InChI is InChI=1S/C19H19ClF3N5S/c20-14-2-1-3-15(21)13(14)9-25-12-4-5-28(10-12)18-7-16(22)11(6-17(18)23)8-26-27-19(24)29/h1-3,6-8,12,25H,4-5,9-10H2,(H3,24,27,29)/t12-/m1/s1. The Hall–Kier alpha value is -2.36. The molecule has 0 radical (unpaired) electrons. The number of anilines is 1. The van der Waals surface area contributed by atoms with E-state index in [1.54, 1.807) is 17.0 Å². The molecule has 1 atom stereocenters. The molecule has 1 fully saturated rings. The lowest BCUT2D eigenvalue weighted by Gasteiger charge is -2.20. The van der Waals surface area contributed by atoms with Gasteiger partial charge in [0, 0.05) is 47.9 Å². The van der Waals surface area contributed by atoms with Crippen LogP contribution in [0.1, 0.15) is 17.5 Å². The summed E-state index contributed by atoms with van der Waals surface area (Å²) in [6, 6.07) is 6.71. The molecule has 1 aliphatic rings. The molecule has 1 heterocycles. The van der Waals surface area contributed by atoms with Crippen molar-refractivity contribution in [2.45, 2.75) is 19.0 Å². The zero-order valence-electron chi connectivity index (χ0n) is 15.3. The quantitative estimate of drug-likeness (QED) is 0.365. The van der Waals surface area contributed by atoms with Crippen LogP contribution in [-0.4, -0.2) is 30.5 Å². The summed E-state index contributed by atoms with van der Waals surface area (Å²) in [6.45, 7) is 1.25. The van der Waals surface area contributed by atoms with Gasteiger partial charge in [-0.15, -0.1) is 0 Å². The van der Waals surface area contributed by atoms with Gasteiger partial charge in [-0.2, -0.15) is 5.10 Å². The largest absolute Gasteiger partial charge is 0.375 e. The van der Waals surface area contributed by atoms with E-state index in [2.05, 4.69) is 28.1 Å². The monoisotopic (exact) mass is 441 g/mol. The van der Waals surface area contributed by atoms with Crippen molar-refractivity contribution >= 4 is 40.8 Å². The first-order valence-electron chi connectivity index (χ1n) is 8.84. The van der Waals surface area contributed by atoms with Crippen molar-refractivity contribution in [3.05, 3.63) is 63.9 Å². The van der Waals surface area contributed by atoms with E-state index in [9.17, 15) is 13.2 Å². The topological polar surface area (TPSA) is 65.7 Å². The fourth-order valence-electron chi connectivity index (χ4n) is 3.15. The van der Waals surface area contributed by atoms with Crippen LogP contribution in [0.2, 0.25) is 5.02 Å². The normalized spacial score (nSPS) is 16.6. The van der Waals surface area contributed by atoms with E-state index >= 15 is 0 Å². The van der Waals surface area contributed by atoms with E-state index in [-0.39, 0.29) is 34.8 Å². The summed E-state index contributed by atoms with van der Waals surface area (Å²) in [7, 11) is 0. The minimum Gasteiger partial charge on any atom is -0.375 e. The zero-order valence-corrected chi connectivity index (χ0v) is 16.8. The van der Waals surface area contributed by atoms with Crippen LogP contribution in [0.5, 0.6) is 0 Å². The SMILES string of the molecule is NC(=S)NN=Cc1cc(F)c(N2CC[C@@H](NCc3c(F)cccc3Cl)C2)cc1F. The van der Waals surface area contributed by atoms with E-state index in [4.69, 9.17) is 17.3 Å². The summed E-state index contributed by atoms with van der Waals surface area (Å²) in [5.74, 6) is -1.57. The Morgan fingerprint density at radius 1 is 1.28 bits per heavy atom. The molecule has 3 rings (SSSR count). The first-order chi connectivity index (χ1) is 13.8. The number of benzene rings is 2. The van der Waals surface area contributed by atoms with Crippen LogP contribution in [0, 0.1) is 17.5 Å². The van der Waals surface area contributed by atoms with E-state index in [1.165, 1.54) is 6.07 Å². The molecular formula is C19H19ClF3N5S. The van der Waals surface area contributed by atoms with Crippen LogP contribution < -0.4 is 21.4 Å². The average molecular weight is 442 g/mol. The van der Waals surface area contributed by atoms with E-state index in [0.717, 1.165) is 18.3 Å². The summed E-state index contributed by atoms with van der Waals surface area (Å²) in [4.78, 5) is 1.74. The highest BCUT2D eigenvalue weighted by atomic mass is 35.5. The second-order valence-corrected chi connectivity index (χ2v) is 7.42. The predicted molar refractivity (Wildman–Crippen MR) is 113 cm³/mol. The van der Waals surface area contributed by atoms with Gasteiger partial charge in [0.15, 0.2) is 5.11 Å². The maximum atomic E-state index is 14.5. The van der Waals surface area contributed by atoms with Crippen molar-refractivity contribution in [2.24, 2.45) is 10.8 Å². The molecule has 1 aliphatic heterocycles. The van der Waals surface area contributed by atoms with Crippen molar-refractivity contribution < 1.29 is 13.2 Å². The molecular weight excluding hydrogens is 423 g/mol. The average Bonchev–Trinajstić information content (AvgIpc) is 3.12. The Morgan fingerprint density at radius 2 is 2.07 bits per heavy atom. The molecule has 10 heteroatoms. The fraction of sp³-hybridized carbons (Fsp3) is 0.263. The van der Waals surface area contributed by atoms with Crippen molar-refractivity contribution in [2.75, 3.05) is 18.0 Å². The smallest absolute Gasteiger partial charge is 0.184 e. The maximum Gasteiger partial charge on any atom is 0.184 e. The molecule has 29 heavy (non-hydrogen) atoms. The molecule has 0 aliphatic carbocycles. The summed E-state index contributed by atoms with van der Waals surface area (Å²) < 4.78 is 42.7. The molecule has 0 amide bonds. The minimum absolute atomic E-state index is 0.0101. The Balaban J connectivity index is 1.64. The van der Waals surface area contributed by atoms with Crippen LogP contribution in [0.4, 0.5) is 18.9 Å². The predicted octanol–water partition coefficient (Wildman–Crippen LogP) is 3.29. The highest BCUT2D eigenvalue weighted by molar-refractivity contribution is 7.80. The van der Waals surface area contributed by atoms with E-state index < -0.39 is 11.6 Å². The maximum absolute atomic E-state index is 14.5. The lowest BCUT2D eigenvalue weighted by atomic mass is 10.1. The Kier molecular flexibility index (Phi) is 6.94. The molecule has 5 nitrogen and oxygen atoms in total. The molecule has 0 spiro atoms. The van der Waals surface area contributed by atoms with Crippen LogP contribution in [0.3, 0.4) is 0 Å². The molecule has 0 saturated carbocycles. The summed E-state index contributed by atoms with van der Waals surface area (Å²) >= 11 is 10.6. The molecule has 154 valence electrons. The molecule has 0 unspecified atom stereocenters. The van der Waals surface area contributed by atoms with Gasteiger partial charge in [0.05, 0.1) is 11.9 Å². The third-order valence-corrected chi connectivity index (χ3v) is 5.05. The number of halogens is 4. The summed E-state index contributed by atoms with van der Waals surface area (Å²) in [5.41, 5.74) is 8.03. The van der Waals surface area contributed by atoms with Crippen LogP contribution >= 0.6 is 23.8 Å². The number of hydrazone groups is 1. The lowest BCUT2D eigenvalue weighted by molar-refractivity contribution is 0.529. The van der Waals surface area contributed by atoms with E-state index in [0.29, 0.717) is 30.1 Å². The number of hydrogen-bond acceptors (Lipinski definition) is 4. The van der Waals surface area contributed by atoms with Gasteiger partial charge >= 0.3 is 0 Å². The van der Waals surface area contributed by atoms with Gasteiger partial charge in [-0.3, -0.25) is 5.43 Å². The Morgan fingerprint density at radius 3 is 2.79 bits per heavy atom. The van der Waals surface area contributed by atoms with Gasteiger partial charge in [-0.1, -0.05) is 17.7 Å². The van der Waals surface area contributed by atoms with Crippen molar-refractivity contribution in [3.8, 4) is 0 Å². The fourth-order valence-corrected chi connectivity index (χ4v) is 3.43. The summed E-state index contributed by atoms with van der Waals surface area (Å²) in [6.07, 6.45) is 1.81. The number of hydrogen-bond donors (Lipinski definition) is 3. The number of nitrogens with zero attached hydrogens (tertiary/aromatic N) is 2. The number of nitrogens with two attached hydrogens (primary N) is 1. The summed E-state index contributed by atoms with van der Waals surface area (Å²) in [5, 5.41) is 7.14. The zero-order chi connectivity index (χ0) is 21.0. The van der Waals surface area contributed by atoms with Crippen LogP contribution in [0.25, 0.3) is 0 Å². The van der Waals surface area contributed by atoms with Gasteiger partial charge in [-0.05, 0) is 36.8 Å². The highest BCUT2D eigenvalue weighted by Gasteiger charge is 2.25. The molecule has 1 saturated heterocycles. The minimum atomic E-state index is -0.621. The van der Waals surface area contributed by atoms with Gasteiger partial charge in [0.1, 0.15) is 17.5 Å². The number of thiocarbonyl (C=S) groups is 1. The second-order valence-electron chi connectivity index (χ2n) is 6.57. The Labute approximate surface area is 176 Å². The third kappa shape index (κ3) is 5.37. The Bertz CT molecular complexity index is 920. The van der Waals surface area contributed by atoms with E-state index in [1.807, 2.05) is 0 Å². The molecule has 4 N–H and O–H groups in total. The number of nitrogens with one attached hydrogen (secondary N) is 2. The first-order valence-corrected chi connectivity index (χ1v) is 9.62. The van der Waals surface area contributed by atoms with Gasteiger partial charge in [0.25, 0.3) is 0 Å². The third-order valence-electron chi connectivity index (χ3n) is 4.60.